The van der Waals surface area contributed by atoms with Gasteiger partial charge in [-0.1, -0.05) is 24.3 Å². The fraction of sp³-hybridized carbons (Fsp3) is 0.346. The number of hydrogen-bond donors (Lipinski definition) is 2. The van der Waals surface area contributed by atoms with Crippen LogP contribution in [0.25, 0.3) is 0 Å². The van der Waals surface area contributed by atoms with Gasteiger partial charge < -0.3 is 20.1 Å². The third-order valence-electron chi connectivity index (χ3n) is 6.44. The van der Waals surface area contributed by atoms with Gasteiger partial charge in [0.15, 0.2) is 5.11 Å². The number of rotatable bonds is 7. The van der Waals surface area contributed by atoms with Crippen molar-refractivity contribution in [2.75, 3.05) is 11.9 Å². The molecule has 0 aliphatic carbocycles. The maximum absolute atomic E-state index is 12.8. The van der Waals surface area contributed by atoms with E-state index in [0.717, 1.165) is 23.5 Å². The molecule has 7 heteroatoms. The second-order valence-corrected chi connectivity index (χ2v) is 8.89. The first-order valence-corrected chi connectivity index (χ1v) is 11.8. The molecule has 2 aromatic heterocycles. The lowest BCUT2D eigenvalue weighted by Gasteiger charge is -2.28. The summed E-state index contributed by atoms with van der Waals surface area (Å²) in [4.78, 5) is 19.5. The lowest BCUT2D eigenvalue weighted by molar-refractivity contribution is -0.116. The summed E-state index contributed by atoms with van der Waals surface area (Å²) in [7, 11) is 0. The number of benzene rings is 1. The first kappa shape index (κ1) is 23.0. The van der Waals surface area contributed by atoms with Gasteiger partial charge in [0.2, 0.25) is 5.91 Å². The Bertz CT molecular complexity index is 1160. The summed E-state index contributed by atoms with van der Waals surface area (Å²) in [5, 5.41) is 7.17. The SMILES string of the molecule is CCn1c(C)cc([C@@H]2[C@H](c3ccccn3)NC(=S)N2CCC(=O)Nc2ccccc2C)c1C. The van der Waals surface area contributed by atoms with Crippen LogP contribution in [0.15, 0.2) is 54.7 Å². The van der Waals surface area contributed by atoms with E-state index < -0.39 is 0 Å². The molecule has 4 rings (SSSR count). The first-order chi connectivity index (χ1) is 15.9. The standard InChI is InChI=1S/C26H31N5OS/c1-5-30-18(3)16-20(19(30)4)25-24(22-12-8-9-14-27-22)29-26(33)31(25)15-13-23(32)28-21-11-7-6-10-17(21)2/h6-12,14,16,24-25H,5,13,15H2,1-4H3,(H,28,32)(H,29,33)/t24-,25+/m0/s1. The predicted octanol–water partition coefficient (Wildman–Crippen LogP) is 4.83. The van der Waals surface area contributed by atoms with Crippen molar-refractivity contribution in [3.05, 3.63) is 82.9 Å². The van der Waals surface area contributed by atoms with E-state index in [-0.39, 0.29) is 18.0 Å². The summed E-state index contributed by atoms with van der Waals surface area (Å²) in [5.41, 5.74) is 6.50. The van der Waals surface area contributed by atoms with Gasteiger partial charge in [0.25, 0.3) is 0 Å². The molecule has 1 saturated heterocycles. The number of carbonyl (C=O) groups excluding carboxylic acids is 1. The fourth-order valence-corrected chi connectivity index (χ4v) is 5.08. The lowest BCUT2D eigenvalue weighted by Crippen LogP contribution is -2.33. The third-order valence-corrected chi connectivity index (χ3v) is 6.80. The lowest BCUT2D eigenvalue weighted by atomic mass is 9.96. The molecule has 3 aromatic rings. The van der Waals surface area contributed by atoms with Crippen molar-refractivity contribution in [2.24, 2.45) is 0 Å². The smallest absolute Gasteiger partial charge is 0.226 e. The van der Waals surface area contributed by atoms with Gasteiger partial charge in [0.05, 0.1) is 17.8 Å². The highest BCUT2D eigenvalue weighted by atomic mass is 32.1. The number of nitrogens with zero attached hydrogens (tertiary/aromatic N) is 3. The molecule has 0 bridgehead atoms. The molecule has 1 amide bonds. The zero-order chi connectivity index (χ0) is 23.5. The number of amides is 1. The van der Waals surface area contributed by atoms with Gasteiger partial charge in [0.1, 0.15) is 0 Å². The summed E-state index contributed by atoms with van der Waals surface area (Å²) in [5.74, 6) is -0.0221. The molecule has 1 aliphatic rings. The van der Waals surface area contributed by atoms with E-state index in [4.69, 9.17) is 12.2 Å². The number of carbonyl (C=O) groups is 1. The Kier molecular flexibility index (Phi) is 6.79. The quantitative estimate of drug-likeness (QED) is 0.494. The van der Waals surface area contributed by atoms with Crippen molar-refractivity contribution in [3.8, 4) is 0 Å². The van der Waals surface area contributed by atoms with Crippen LogP contribution in [0.5, 0.6) is 0 Å². The maximum Gasteiger partial charge on any atom is 0.226 e. The second-order valence-electron chi connectivity index (χ2n) is 8.50. The summed E-state index contributed by atoms with van der Waals surface area (Å²) in [6, 6.07) is 15.9. The summed E-state index contributed by atoms with van der Waals surface area (Å²) in [6.07, 6.45) is 2.15. The van der Waals surface area contributed by atoms with Crippen LogP contribution in [-0.4, -0.2) is 32.0 Å². The Balaban J connectivity index is 1.60. The minimum absolute atomic E-state index is 0.0221. The number of para-hydroxylation sites is 1. The Morgan fingerprint density at radius 3 is 2.58 bits per heavy atom. The molecule has 172 valence electrons. The van der Waals surface area contributed by atoms with Gasteiger partial charge in [-0.2, -0.15) is 0 Å². The molecule has 1 aliphatic heterocycles. The number of aryl methyl sites for hydroxylation is 2. The van der Waals surface area contributed by atoms with Crippen LogP contribution in [0.4, 0.5) is 5.69 Å². The van der Waals surface area contributed by atoms with Crippen LogP contribution in [0.3, 0.4) is 0 Å². The van der Waals surface area contributed by atoms with Gasteiger partial charge >= 0.3 is 0 Å². The van der Waals surface area contributed by atoms with E-state index in [1.165, 1.54) is 17.0 Å². The number of anilines is 1. The van der Waals surface area contributed by atoms with E-state index in [2.05, 4.69) is 51.9 Å². The van der Waals surface area contributed by atoms with Gasteiger partial charge in [0, 0.05) is 42.8 Å². The molecule has 0 saturated carbocycles. The minimum Gasteiger partial charge on any atom is -0.352 e. The van der Waals surface area contributed by atoms with E-state index in [0.29, 0.717) is 18.1 Å². The van der Waals surface area contributed by atoms with E-state index >= 15 is 0 Å². The van der Waals surface area contributed by atoms with Crippen molar-refractivity contribution in [1.82, 2.24) is 19.8 Å². The third kappa shape index (κ3) is 4.64. The number of pyridine rings is 1. The normalized spacial score (nSPS) is 17.8. The number of thiocarbonyl (C=S) groups is 1. The van der Waals surface area contributed by atoms with Crippen molar-refractivity contribution >= 4 is 28.9 Å². The molecule has 6 nitrogen and oxygen atoms in total. The summed E-state index contributed by atoms with van der Waals surface area (Å²) in [6.45, 7) is 9.88. The van der Waals surface area contributed by atoms with Crippen LogP contribution >= 0.6 is 12.2 Å². The number of nitrogens with one attached hydrogen (secondary N) is 2. The average Bonchev–Trinajstić information content (AvgIpc) is 3.29. The predicted molar refractivity (Wildman–Crippen MR) is 136 cm³/mol. The van der Waals surface area contributed by atoms with Crippen molar-refractivity contribution in [3.63, 3.8) is 0 Å². The molecule has 0 radical (unpaired) electrons. The Morgan fingerprint density at radius 1 is 1.15 bits per heavy atom. The molecular formula is C26H31N5OS. The highest BCUT2D eigenvalue weighted by molar-refractivity contribution is 7.80. The molecule has 1 aromatic carbocycles. The highest BCUT2D eigenvalue weighted by Gasteiger charge is 2.41. The van der Waals surface area contributed by atoms with Gasteiger partial charge in [-0.05, 0) is 75.3 Å². The second kappa shape index (κ2) is 9.75. The molecule has 2 atom stereocenters. The molecule has 2 N–H and O–H groups in total. The van der Waals surface area contributed by atoms with Crippen LogP contribution in [-0.2, 0) is 11.3 Å². The van der Waals surface area contributed by atoms with Crippen molar-refractivity contribution < 1.29 is 4.79 Å². The number of aromatic nitrogens is 2. The zero-order valence-corrected chi connectivity index (χ0v) is 20.4. The highest BCUT2D eigenvalue weighted by Crippen LogP contribution is 2.40. The van der Waals surface area contributed by atoms with E-state index in [1.807, 2.05) is 55.6 Å². The molecule has 33 heavy (non-hydrogen) atoms. The number of hydrogen-bond acceptors (Lipinski definition) is 3. The van der Waals surface area contributed by atoms with Gasteiger partial charge in [-0.25, -0.2) is 0 Å². The molecule has 3 heterocycles. The molecule has 0 unspecified atom stereocenters. The van der Waals surface area contributed by atoms with Crippen molar-refractivity contribution in [2.45, 2.75) is 52.7 Å². The van der Waals surface area contributed by atoms with Crippen LogP contribution in [0.2, 0.25) is 0 Å². The topological polar surface area (TPSA) is 62.2 Å². The van der Waals surface area contributed by atoms with Crippen LogP contribution in [0, 0.1) is 20.8 Å². The Hall–Kier alpha value is -3.19. The molecular weight excluding hydrogens is 430 g/mol. The largest absolute Gasteiger partial charge is 0.352 e. The molecule has 0 spiro atoms. The zero-order valence-electron chi connectivity index (χ0n) is 19.6. The monoisotopic (exact) mass is 461 g/mol. The first-order valence-electron chi connectivity index (χ1n) is 11.4. The Morgan fingerprint density at radius 2 is 1.91 bits per heavy atom. The van der Waals surface area contributed by atoms with Crippen LogP contribution < -0.4 is 10.6 Å². The van der Waals surface area contributed by atoms with Crippen molar-refractivity contribution in [1.29, 1.82) is 0 Å². The fourth-order valence-electron chi connectivity index (χ4n) is 4.75. The maximum atomic E-state index is 12.8. The molecule has 1 fully saturated rings. The van der Waals surface area contributed by atoms with Gasteiger partial charge in [-0.15, -0.1) is 0 Å². The average molecular weight is 462 g/mol. The van der Waals surface area contributed by atoms with E-state index in [9.17, 15) is 4.79 Å². The Labute approximate surface area is 201 Å². The van der Waals surface area contributed by atoms with E-state index in [1.54, 1.807) is 0 Å². The summed E-state index contributed by atoms with van der Waals surface area (Å²) < 4.78 is 2.31. The summed E-state index contributed by atoms with van der Waals surface area (Å²) >= 11 is 5.76. The van der Waals surface area contributed by atoms with Crippen LogP contribution in [0.1, 0.15) is 53.6 Å². The van der Waals surface area contributed by atoms with Gasteiger partial charge in [-0.3, -0.25) is 9.78 Å². The minimum atomic E-state index is -0.0797.